The zero-order valence-electron chi connectivity index (χ0n) is 11.7. The first kappa shape index (κ1) is 16.4. The molecule has 1 aromatic carbocycles. The quantitative estimate of drug-likeness (QED) is 0.868. The Labute approximate surface area is 117 Å². The first-order valence-corrected chi connectivity index (χ1v) is 7.12. The van der Waals surface area contributed by atoms with E-state index in [-0.39, 0.29) is 5.75 Å². The fourth-order valence-corrected chi connectivity index (χ4v) is 3.18. The molecule has 1 rings (SSSR count). The van der Waals surface area contributed by atoms with Gasteiger partial charge in [0.1, 0.15) is 17.1 Å². The topological polar surface area (TPSA) is 89.7 Å². The van der Waals surface area contributed by atoms with Crippen LogP contribution < -0.4 is 10.5 Å². The van der Waals surface area contributed by atoms with Gasteiger partial charge in [0.25, 0.3) is 0 Å². The smallest absolute Gasteiger partial charge is 0.250 e. The van der Waals surface area contributed by atoms with Crippen molar-refractivity contribution in [2.75, 3.05) is 14.2 Å². The number of benzene rings is 1. The second kappa shape index (κ2) is 5.37. The van der Waals surface area contributed by atoms with Crippen LogP contribution in [0.1, 0.15) is 13.8 Å². The summed E-state index contributed by atoms with van der Waals surface area (Å²) < 4.78 is 44.4. The standard InChI is InChI=1S/C12H17FN2O4S/c1-12(2,11(14)16)15(3)20(17,18)10-8(13)6-5-7-9(10)19-4/h5-7H,1-4H3,(H2,14,16). The summed E-state index contributed by atoms with van der Waals surface area (Å²) in [7, 11) is -1.89. The van der Waals surface area contributed by atoms with Crippen molar-refractivity contribution >= 4 is 15.9 Å². The van der Waals surface area contributed by atoms with E-state index in [1.165, 1.54) is 33.1 Å². The van der Waals surface area contributed by atoms with Crippen LogP contribution in [-0.4, -0.2) is 38.3 Å². The molecule has 0 fully saturated rings. The van der Waals surface area contributed by atoms with Crippen LogP contribution in [0.5, 0.6) is 5.75 Å². The summed E-state index contributed by atoms with van der Waals surface area (Å²) in [5.74, 6) is -1.95. The number of nitrogens with zero attached hydrogens (tertiary/aromatic N) is 1. The van der Waals surface area contributed by atoms with Crippen LogP contribution in [0.25, 0.3) is 0 Å². The van der Waals surface area contributed by atoms with Crippen LogP contribution >= 0.6 is 0 Å². The second-order valence-electron chi connectivity index (χ2n) is 4.67. The number of sulfonamides is 1. The Hall–Kier alpha value is -1.67. The summed E-state index contributed by atoms with van der Waals surface area (Å²) in [5, 5.41) is 0. The second-order valence-corrected chi connectivity index (χ2v) is 6.57. The summed E-state index contributed by atoms with van der Waals surface area (Å²) in [5.41, 5.74) is 3.68. The number of likely N-dealkylation sites (N-methyl/N-ethyl adjacent to an activating group) is 1. The number of carbonyl (C=O) groups is 1. The van der Waals surface area contributed by atoms with Crippen molar-refractivity contribution in [3.8, 4) is 5.75 Å². The summed E-state index contributed by atoms with van der Waals surface area (Å²) in [4.78, 5) is 10.7. The third kappa shape index (κ3) is 2.61. The van der Waals surface area contributed by atoms with E-state index in [1.807, 2.05) is 0 Å². The lowest BCUT2D eigenvalue weighted by Gasteiger charge is -2.31. The van der Waals surface area contributed by atoms with Gasteiger partial charge in [-0.25, -0.2) is 12.8 Å². The van der Waals surface area contributed by atoms with Gasteiger partial charge in [-0.1, -0.05) is 6.07 Å². The van der Waals surface area contributed by atoms with E-state index < -0.39 is 32.2 Å². The summed E-state index contributed by atoms with van der Waals surface area (Å²) in [6.45, 7) is 2.67. The highest BCUT2D eigenvalue weighted by Crippen LogP contribution is 2.31. The predicted octanol–water partition coefficient (Wildman–Crippen LogP) is 0.719. The number of hydrogen-bond acceptors (Lipinski definition) is 4. The van der Waals surface area contributed by atoms with Crippen LogP contribution in [0.15, 0.2) is 23.1 Å². The Balaban J connectivity index is 3.50. The SMILES string of the molecule is COc1cccc(F)c1S(=O)(=O)N(C)C(C)(C)C(N)=O. The summed E-state index contributed by atoms with van der Waals surface area (Å²) in [6.07, 6.45) is 0. The average molecular weight is 304 g/mol. The molecule has 112 valence electrons. The zero-order chi connectivity index (χ0) is 15.7. The molecule has 0 aliphatic rings. The number of methoxy groups -OCH3 is 1. The minimum atomic E-state index is -4.28. The fourth-order valence-electron chi connectivity index (χ4n) is 1.49. The van der Waals surface area contributed by atoms with Gasteiger partial charge in [0.05, 0.1) is 7.11 Å². The number of hydrogen-bond donors (Lipinski definition) is 1. The lowest BCUT2D eigenvalue weighted by Crippen LogP contribution is -2.53. The molecule has 2 N–H and O–H groups in total. The highest BCUT2D eigenvalue weighted by molar-refractivity contribution is 7.89. The lowest BCUT2D eigenvalue weighted by molar-refractivity contribution is -0.125. The third-order valence-corrected chi connectivity index (χ3v) is 5.25. The van der Waals surface area contributed by atoms with E-state index in [9.17, 15) is 17.6 Å². The molecule has 0 atom stereocenters. The van der Waals surface area contributed by atoms with Crippen LogP contribution in [0.2, 0.25) is 0 Å². The van der Waals surface area contributed by atoms with Gasteiger partial charge in [0, 0.05) is 7.05 Å². The summed E-state index contributed by atoms with van der Waals surface area (Å²) >= 11 is 0. The van der Waals surface area contributed by atoms with Gasteiger partial charge >= 0.3 is 0 Å². The zero-order valence-corrected chi connectivity index (χ0v) is 12.5. The Morgan fingerprint density at radius 1 is 1.40 bits per heavy atom. The molecule has 0 unspecified atom stereocenters. The molecule has 20 heavy (non-hydrogen) atoms. The van der Waals surface area contributed by atoms with Crippen molar-refractivity contribution in [2.24, 2.45) is 5.73 Å². The lowest BCUT2D eigenvalue weighted by atomic mass is 10.1. The molecule has 0 spiro atoms. The Bertz CT molecular complexity index is 628. The molecule has 0 aromatic heterocycles. The highest BCUT2D eigenvalue weighted by Gasteiger charge is 2.41. The van der Waals surface area contributed by atoms with Crippen LogP contribution in [0.4, 0.5) is 4.39 Å². The fraction of sp³-hybridized carbons (Fsp3) is 0.417. The maximum absolute atomic E-state index is 13.9. The molecule has 8 heteroatoms. The highest BCUT2D eigenvalue weighted by atomic mass is 32.2. The van der Waals surface area contributed by atoms with Crippen molar-refractivity contribution in [3.63, 3.8) is 0 Å². The van der Waals surface area contributed by atoms with Gasteiger partial charge in [-0.05, 0) is 26.0 Å². The molecule has 6 nitrogen and oxygen atoms in total. The minimum Gasteiger partial charge on any atom is -0.495 e. The van der Waals surface area contributed by atoms with E-state index in [2.05, 4.69) is 0 Å². The van der Waals surface area contributed by atoms with Gasteiger partial charge < -0.3 is 10.5 Å². The first-order valence-electron chi connectivity index (χ1n) is 5.68. The number of amides is 1. The molecule has 0 bridgehead atoms. The van der Waals surface area contributed by atoms with E-state index in [4.69, 9.17) is 10.5 Å². The minimum absolute atomic E-state index is 0.142. The largest absolute Gasteiger partial charge is 0.495 e. The van der Waals surface area contributed by atoms with Gasteiger partial charge in [0.2, 0.25) is 15.9 Å². The number of rotatable bonds is 5. The van der Waals surface area contributed by atoms with E-state index >= 15 is 0 Å². The van der Waals surface area contributed by atoms with Crippen molar-refractivity contribution in [1.82, 2.24) is 4.31 Å². The Morgan fingerprint density at radius 3 is 2.40 bits per heavy atom. The molecule has 0 radical (unpaired) electrons. The Kier molecular flexibility index (Phi) is 4.40. The molecule has 0 saturated carbocycles. The third-order valence-electron chi connectivity index (χ3n) is 3.16. The molecule has 1 aromatic rings. The van der Waals surface area contributed by atoms with Crippen molar-refractivity contribution in [3.05, 3.63) is 24.0 Å². The summed E-state index contributed by atoms with van der Waals surface area (Å²) in [6, 6.07) is 3.65. The van der Waals surface area contributed by atoms with Crippen LogP contribution in [0.3, 0.4) is 0 Å². The van der Waals surface area contributed by atoms with Crippen molar-refractivity contribution in [1.29, 1.82) is 0 Å². The number of ether oxygens (including phenoxy) is 1. The van der Waals surface area contributed by atoms with Crippen LogP contribution in [-0.2, 0) is 14.8 Å². The monoisotopic (exact) mass is 304 g/mol. The van der Waals surface area contributed by atoms with E-state index in [0.717, 1.165) is 17.4 Å². The Morgan fingerprint density at radius 2 is 1.95 bits per heavy atom. The van der Waals surface area contributed by atoms with Gasteiger partial charge in [-0.3, -0.25) is 4.79 Å². The normalized spacial score (nSPS) is 12.5. The molecule has 0 aliphatic heterocycles. The van der Waals surface area contributed by atoms with E-state index in [0.29, 0.717) is 0 Å². The van der Waals surface area contributed by atoms with Gasteiger partial charge in [-0.2, -0.15) is 4.31 Å². The molecule has 0 heterocycles. The first-order chi connectivity index (χ1) is 9.06. The van der Waals surface area contributed by atoms with Gasteiger partial charge in [-0.15, -0.1) is 0 Å². The number of nitrogens with two attached hydrogens (primary N) is 1. The van der Waals surface area contributed by atoms with Crippen molar-refractivity contribution < 1.29 is 22.3 Å². The molecule has 0 aliphatic carbocycles. The maximum Gasteiger partial charge on any atom is 0.250 e. The van der Waals surface area contributed by atoms with Crippen molar-refractivity contribution in [2.45, 2.75) is 24.3 Å². The molecular formula is C12H17FN2O4S. The van der Waals surface area contributed by atoms with Crippen LogP contribution in [0, 0.1) is 5.82 Å². The molecule has 1 amide bonds. The average Bonchev–Trinajstić information content (AvgIpc) is 2.36. The number of halogens is 1. The van der Waals surface area contributed by atoms with Gasteiger partial charge in [0.15, 0.2) is 4.90 Å². The van der Waals surface area contributed by atoms with E-state index in [1.54, 1.807) is 0 Å². The number of carbonyl (C=O) groups excluding carboxylic acids is 1. The number of primary amides is 1. The predicted molar refractivity (Wildman–Crippen MR) is 71.2 cm³/mol. The molecule has 0 saturated heterocycles. The molecular weight excluding hydrogens is 287 g/mol. The maximum atomic E-state index is 13.9.